The number of nitrogen functional groups attached to an aromatic ring is 1. The van der Waals surface area contributed by atoms with Gasteiger partial charge in [0.15, 0.2) is 0 Å². The molecule has 1 heterocycles. The lowest BCUT2D eigenvalue weighted by Gasteiger charge is -2.09. The highest BCUT2D eigenvalue weighted by atomic mass is 16.1. The third-order valence-electron chi connectivity index (χ3n) is 3.33. The molecule has 0 radical (unpaired) electrons. The fourth-order valence-corrected chi connectivity index (χ4v) is 2.50. The molecule has 2 rings (SSSR count). The molecule has 1 fully saturated rings. The molecular weight excluding hydrogens is 202 g/mol. The highest BCUT2D eigenvalue weighted by molar-refractivity contribution is 5.41. The van der Waals surface area contributed by atoms with Crippen LogP contribution >= 0.6 is 0 Å². The third kappa shape index (κ3) is 2.01. The van der Waals surface area contributed by atoms with Crippen LogP contribution in [0, 0.1) is 5.92 Å². The van der Waals surface area contributed by atoms with Gasteiger partial charge in [0.1, 0.15) is 5.69 Å². The van der Waals surface area contributed by atoms with Crippen molar-refractivity contribution in [2.45, 2.75) is 52.0 Å². The van der Waals surface area contributed by atoms with E-state index in [-0.39, 0.29) is 5.56 Å². The fraction of sp³-hybridized carbons (Fsp3) is 0.750. The zero-order valence-electron chi connectivity index (χ0n) is 10.1. The van der Waals surface area contributed by atoms with Crippen molar-refractivity contribution in [2.75, 3.05) is 5.73 Å². The number of aromatic nitrogens is 2. The second kappa shape index (κ2) is 4.36. The van der Waals surface area contributed by atoms with Crippen molar-refractivity contribution in [3.8, 4) is 0 Å². The van der Waals surface area contributed by atoms with E-state index >= 15 is 0 Å². The molecule has 1 saturated carbocycles. The SMILES string of the molecule is CC(C)Cc1[nH]n(C2CCCC2)c(=O)c1N. The summed E-state index contributed by atoms with van der Waals surface area (Å²) in [6.45, 7) is 4.26. The Labute approximate surface area is 95.8 Å². The summed E-state index contributed by atoms with van der Waals surface area (Å²) in [4.78, 5) is 12.0. The van der Waals surface area contributed by atoms with Gasteiger partial charge in [0.05, 0.1) is 11.7 Å². The number of hydrogen-bond donors (Lipinski definition) is 2. The molecule has 0 aromatic carbocycles. The maximum absolute atomic E-state index is 12.0. The molecule has 1 aromatic rings. The predicted octanol–water partition coefficient (Wildman–Crippen LogP) is 2.07. The lowest BCUT2D eigenvalue weighted by Crippen LogP contribution is -2.21. The maximum atomic E-state index is 12.0. The average molecular weight is 223 g/mol. The van der Waals surface area contributed by atoms with Crippen molar-refractivity contribution in [3.05, 3.63) is 16.0 Å². The summed E-state index contributed by atoms with van der Waals surface area (Å²) in [5.74, 6) is 0.511. The Morgan fingerprint density at radius 2 is 2.06 bits per heavy atom. The highest BCUT2D eigenvalue weighted by Gasteiger charge is 2.22. The first-order valence-electron chi connectivity index (χ1n) is 6.18. The average Bonchev–Trinajstić information content (AvgIpc) is 2.81. The molecule has 0 bridgehead atoms. The standard InChI is InChI=1S/C12H21N3O/c1-8(2)7-10-11(13)12(16)15(14-10)9-5-3-4-6-9/h8-9,14H,3-7,13H2,1-2H3. The first-order valence-corrected chi connectivity index (χ1v) is 6.18. The van der Waals surface area contributed by atoms with E-state index in [0.717, 1.165) is 25.0 Å². The molecule has 1 aliphatic carbocycles. The van der Waals surface area contributed by atoms with E-state index in [4.69, 9.17) is 5.73 Å². The van der Waals surface area contributed by atoms with Gasteiger partial charge in [-0.1, -0.05) is 26.7 Å². The molecule has 90 valence electrons. The molecule has 3 N–H and O–H groups in total. The second-order valence-corrected chi connectivity index (χ2v) is 5.22. The minimum atomic E-state index is -0.0254. The van der Waals surface area contributed by atoms with E-state index < -0.39 is 0 Å². The van der Waals surface area contributed by atoms with Crippen molar-refractivity contribution in [1.29, 1.82) is 0 Å². The van der Waals surface area contributed by atoms with Gasteiger partial charge in [-0.15, -0.1) is 0 Å². The summed E-state index contributed by atoms with van der Waals surface area (Å²) >= 11 is 0. The number of nitrogens with two attached hydrogens (primary N) is 1. The third-order valence-corrected chi connectivity index (χ3v) is 3.33. The smallest absolute Gasteiger partial charge is 0.290 e. The Balaban J connectivity index is 2.29. The molecule has 1 aliphatic rings. The van der Waals surface area contributed by atoms with Crippen LogP contribution in [-0.2, 0) is 6.42 Å². The monoisotopic (exact) mass is 223 g/mol. The van der Waals surface area contributed by atoms with Gasteiger partial charge in [0.2, 0.25) is 0 Å². The van der Waals surface area contributed by atoms with Crippen molar-refractivity contribution < 1.29 is 0 Å². The second-order valence-electron chi connectivity index (χ2n) is 5.22. The van der Waals surface area contributed by atoms with Crippen LogP contribution in [0.25, 0.3) is 0 Å². The number of anilines is 1. The van der Waals surface area contributed by atoms with Crippen LogP contribution in [0.3, 0.4) is 0 Å². The van der Waals surface area contributed by atoms with Gasteiger partial charge >= 0.3 is 0 Å². The summed E-state index contributed by atoms with van der Waals surface area (Å²) in [5, 5.41) is 3.20. The molecule has 16 heavy (non-hydrogen) atoms. The molecule has 4 heteroatoms. The normalized spacial score (nSPS) is 17.4. The lowest BCUT2D eigenvalue weighted by atomic mass is 10.1. The minimum absolute atomic E-state index is 0.0254. The van der Waals surface area contributed by atoms with Crippen LogP contribution in [0.5, 0.6) is 0 Å². The number of H-pyrrole nitrogens is 1. The molecule has 0 saturated heterocycles. The van der Waals surface area contributed by atoms with Gasteiger partial charge in [-0.05, 0) is 25.2 Å². The minimum Gasteiger partial charge on any atom is -0.393 e. The Kier molecular flexibility index (Phi) is 3.08. The van der Waals surface area contributed by atoms with E-state index in [0.29, 0.717) is 17.6 Å². The lowest BCUT2D eigenvalue weighted by molar-refractivity contribution is 0.448. The number of hydrogen-bond acceptors (Lipinski definition) is 2. The molecule has 0 atom stereocenters. The largest absolute Gasteiger partial charge is 0.393 e. The van der Waals surface area contributed by atoms with E-state index in [1.807, 2.05) is 0 Å². The highest BCUT2D eigenvalue weighted by Crippen LogP contribution is 2.28. The predicted molar refractivity (Wildman–Crippen MR) is 65.5 cm³/mol. The van der Waals surface area contributed by atoms with Gasteiger partial charge in [-0.25, -0.2) is 4.68 Å². The van der Waals surface area contributed by atoms with Crippen LogP contribution in [0.1, 0.15) is 51.3 Å². The molecular formula is C12H21N3O. The van der Waals surface area contributed by atoms with Crippen molar-refractivity contribution in [1.82, 2.24) is 9.78 Å². The van der Waals surface area contributed by atoms with E-state index in [2.05, 4.69) is 18.9 Å². The van der Waals surface area contributed by atoms with Crippen LogP contribution in [0.2, 0.25) is 0 Å². The maximum Gasteiger partial charge on any atom is 0.290 e. The van der Waals surface area contributed by atoms with Crippen LogP contribution in [-0.4, -0.2) is 9.78 Å². The molecule has 1 aromatic heterocycles. The molecule has 0 spiro atoms. The van der Waals surface area contributed by atoms with Crippen molar-refractivity contribution in [3.63, 3.8) is 0 Å². The van der Waals surface area contributed by atoms with Crippen molar-refractivity contribution >= 4 is 5.69 Å². The molecule has 0 unspecified atom stereocenters. The summed E-state index contributed by atoms with van der Waals surface area (Å²) < 4.78 is 1.75. The molecule has 0 amide bonds. The van der Waals surface area contributed by atoms with E-state index in [9.17, 15) is 4.79 Å². The Bertz CT molecular complexity index is 410. The molecule has 0 aliphatic heterocycles. The van der Waals surface area contributed by atoms with Gasteiger partial charge in [-0.2, -0.15) is 0 Å². The van der Waals surface area contributed by atoms with E-state index in [1.165, 1.54) is 12.8 Å². The summed E-state index contributed by atoms with van der Waals surface area (Å²) in [5.41, 5.74) is 7.16. The van der Waals surface area contributed by atoms with Gasteiger partial charge in [-0.3, -0.25) is 9.89 Å². The topological polar surface area (TPSA) is 63.8 Å². The van der Waals surface area contributed by atoms with Gasteiger partial charge in [0, 0.05) is 0 Å². The quantitative estimate of drug-likeness (QED) is 0.824. The Morgan fingerprint density at radius 1 is 1.44 bits per heavy atom. The number of nitrogens with zero attached hydrogens (tertiary/aromatic N) is 1. The van der Waals surface area contributed by atoms with Gasteiger partial charge in [0.25, 0.3) is 5.56 Å². The zero-order valence-corrected chi connectivity index (χ0v) is 10.1. The first-order chi connectivity index (χ1) is 7.59. The van der Waals surface area contributed by atoms with E-state index in [1.54, 1.807) is 4.68 Å². The fourth-order valence-electron chi connectivity index (χ4n) is 2.50. The summed E-state index contributed by atoms with van der Waals surface area (Å²) in [6.07, 6.45) is 5.48. The summed E-state index contributed by atoms with van der Waals surface area (Å²) in [6, 6.07) is 0.343. The molecule has 4 nitrogen and oxygen atoms in total. The number of aromatic amines is 1. The van der Waals surface area contributed by atoms with Gasteiger partial charge < -0.3 is 5.73 Å². The zero-order chi connectivity index (χ0) is 11.7. The van der Waals surface area contributed by atoms with Crippen LogP contribution in [0.4, 0.5) is 5.69 Å². The van der Waals surface area contributed by atoms with Crippen molar-refractivity contribution in [2.24, 2.45) is 5.92 Å². The Hall–Kier alpha value is -1.19. The first kappa shape index (κ1) is 11.3. The summed E-state index contributed by atoms with van der Waals surface area (Å²) in [7, 11) is 0. The van der Waals surface area contributed by atoms with Crippen LogP contribution < -0.4 is 11.3 Å². The Morgan fingerprint density at radius 3 is 2.62 bits per heavy atom. The van der Waals surface area contributed by atoms with Crippen LogP contribution in [0.15, 0.2) is 4.79 Å². The number of rotatable bonds is 3. The number of nitrogens with one attached hydrogen (secondary N) is 1.